The van der Waals surface area contributed by atoms with E-state index >= 15 is 0 Å². The van der Waals surface area contributed by atoms with Crippen LogP contribution in [0.4, 0.5) is 13.2 Å². The summed E-state index contributed by atoms with van der Waals surface area (Å²) in [6, 6.07) is 2.94. The van der Waals surface area contributed by atoms with Gasteiger partial charge in [0.25, 0.3) is 0 Å². The normalized spacial score (nSPS) is 20.5. The van der Waals surface area contributed by atoms with Gasteiger partial charge in [-0.2, -0.15) is 17.5 Å². The summed E-state index contributed by atoms with van der Waals surface area (Å²) in [5.41, 5.74) is -1.05. The van der Waals surface area contributed by atoms with Gasteiger partial charge in [0, 0.05) is 25.9 Å². The maximum Gasteiger partial charge on any atom is 0.416 e. The fraction of sp³-hybridized carbons (Fsp3) is 0.429. The fourth-order valence-corrected chi connectivity index (χ4v) is 4.32. The molecule has 2 heterocycles. The Morgan fingerprint density at radius 3 is 2.17 bits per heavy atom. The Morgan fingerprint density at radius 2 is 1.62 bits per heavy atom. The average molecular weight is 362 g/mol. The van der Waals surface area contributed by atoms with Gasteiger partial charge in [0.2, 0.25) is 21.8 Å². The number of imide groups is 1. The Labute approximate surface area is 135 Å². The number of carbonyl (C=O) groups is 2. The number of rotatable bonds is 3. The Balaban J connectivity index is 1.77. The van der Waals surface area contributed by atoms with Crippen molar-refractivity contribution in [1.29, 1.82) is 0 Å². The van der Waals surface area contributed by atoms with Crippen molar-refractivity contribution in [2.45, 2.75) is 30.0 Å². The molecule has 130 valence electrons. The topological polar surface area (TPSA) is 74.8 Å². The molecule has 0 atom stereocenters. The molecule has 1 aromatic carbocycles. The average Bonchev–Trinajstić information content (AvgIpc) is 2.77. The summed E-state index contributed by atoms with van der Waals surface area (Å²) in [5, 5.41) is 0. The molecule has 1 aromatic rings. The predicted octanol–water partition coefficient (Wildman–Crippen LogP) is 1.23. The highest BCUT2D eigenvalue weighted by molar-refractivity contribution is 7.89. The number of amides is 2. The van der Waals surface area contributed by atoms with Crippen molar-refractivity contribution in [3.63, 3.8) is 0 Å². The summed E-state index contributed by atoms with van der Waals surface area (Å²) in [6.45, 7) is -0.202. The third-order valence-corrected chi connectivity index (χ3v) is 5.91. The first-order chi connectivity index (χ1) is 11.1. The van der Waals surface area contributed by atoms with Crippen LogP contribution in [0.3, 0.4) is 0 Å². The van der Waals surface area contributed by atoms with Gasteiger partial charge >= 0.3 is 6.18 Å². The van der Waals surface area contributed by atoms with Gasteiger partial charge in [-0.15, -0.1) is 0 Å². The van der Waals surface area contributed by atoms with Crippen molar-refractivity contribution in [2.75, 3.05) is 13.1 Å². The fourth-order valence-electron chi connectivity index (χ4n) is 2.76. The van der Waals surface area contributed by atoms with Crippen LogP contribution in [-0.4, -0.2) is 48.6 Å². The van der Waals surface area contributed by atoms with E-state index in [1.165, 1.54) is 0 Å². The molecule has 2 saturated heterocycles. The molecule has 10 heteroatoms. The molecule has 0 radical (unpaired) electrons. The summed E-state index contributed by atoms with van der Waals surface area (Å²) in [5.74, 6) is -0.692. The maximum absolute atomic E-state index is 12.7. The minimum absolute atomic E-state index is 0.101. The van der Waals surface area contributed by atoms with Crippen LogP contribution in [0, 0.1) is 0 Å². The molecule has 0 aromatic heterocycles. The number of halogens is 3. The lowest BCUT2D eigenvalue weighted by Crippen LogP contribution is -2.62. The second-order valence-corrected chi connectivity index (χ2v) is 7.60. The summed E-state index contributed by atoms with van der Waals surface area (Å²) < 4.78 is 63.9. The standard InChI is InChI=1S/C14H13F3N2O4S/c15-14(16,17)9-2-1-3-11(6-9)24(22,23)18-7-10(8-18)19-12(20)4-5-13(19)21/h1-3,6,10H,4-5,7-8H2. The smallest absolute Gasteiger partial charge is 0.277 e. The largest absolute Gasteiger partial charge is 0.416 e. The lowest BCUT2D eigenvalue weighted by Gasteiger charge is -2.41. The van der Waals surface area contributed by atoms with Crippen molar-refractivity contribution < 1.29 is 31.2 Å². The predicted molar refractivity (Wildman–Crippen MR) is 75.1 cm³/mol. The monoisotopic (exact) mass is 362 g/mol. The van der Waals surface area contributed by atoms with E-state index in [-0.39, 0.29) is 37.7 Å². The van der Waals surface area contributed by atoms with E-state index in [1.807, 2.05) is 0 Å². The Bertz CT molecular complexity index is 784. The number of nitrogens with zero attached hydrogens (tertiary/aromatic N) is 2. The number of hydrogen-bond acceptors (Lipinski definition) is 4. The van der Waals surface area contributed by atoms with Gasteiger partial charge in [0.1, 0.15) is 0 Å². The van der Waals surface area contributed by atoms with Crippen molar-refractivity contribution in [3.8, 4) is 0 Å². The van der Waals surface area contributed by atoms with Crippen LogP contribution in [0.1, 0.15) is 18.4 Å². The van der Waals surface area contributed by atoms with Crippen LogP contribution in [-0.2, 0) is 25.8 Å². The van der Waals surface area contributed by atoms with Crippen LogP contribution in [0.25, 0.3) is 0 Å². The molecule has 0 N–H and O–H groups in total. The van der Waals surface area contributed by atoms with Crippen molar-refractivity contribution >= 4 is 21.8 Å². The molecule has 24 heavy (non-hydrogen) atoms. The highest BCUT2D eigenvalue weighted by atomic mass is 32.2. The van der Waals surface area contributed by atoms with E-state index in [0.717, 1.165) is 27.4 Å². The molecule has 2 aliphatic heterocycles. The van der Waals surface area contributed by atoms with Crippen LogP contribution >= 0.6 is 0 Å². The van der Waals surface area contributed by atoms with E-state index in [0.29, 0.717) is 6.07 Å². The second kappa shape index (κ2) is 5.55. The molecular formula is C14H13F3N2O4S. The third kappa shape index (κ3) is 2.80. The molecule has 0 unspecified atom stereocenters. The zero-order valence-electron chi connectivity index (χ0n) is 12.3. The maximum atomic E-state index is 12.7. The van der Waals surface area contributed by atoms with Gasteiger partial charge in [-0.25, -0.2) is 8.42 Å². The highest BCUT2D eigenvalue weighted by Crippen LogP contribution is 2.32. The van der Waals surface area contributed by atoms with E-state index in [4.69, 9.17) is 0 Å². The molecule has 3 rings (SSSR count). The van der Waals surface area contributed by atoms with Crippen LogP contribution in [0.15, 0.2) is 29.2 Å². The third-order valence-electron chi connectivity index (χ3n) is 4.08. The zero-order valence-corrected chi connectivity index (χ0v) is 13.1. The Kier molecular flexibility index (Phi) is 3.91. The van der Waals surface area contributed by atoms with Crippen molar-refractivity contribution in [3.05, 3.63) is 29.8 Å². The van der Waals surface area contributed by atoms with Crippen molar-refractivity contribution in [2.24, 2.45) is 0 Å². The molecule has 2 amide bonds. The van der Waals surface area contributed by atoms with E-state index < -0.39 is 32.7 Å². The number of hydrogen-bond donors (Lipinski definition) is 0. The quantitative estimate of drug-likeness (QED) is 0.758. The molecule has 0 aliphatic carbocycles. The van der Waals surface area contributed by atoms with Crippen molar-refractivity contribution in [1.82, 2.24) is 9.21 Å². The lowest BCUT2D eigenvalue weighted by atomic mass is 10.1. The zero-order chi connectivity index (χ0) is 17.7. The summed E-state index contributed by atoms with van der Waals surface area (Å²) in [6.07, 6.45) is -4.43. The number of likely N-dealkylation sites (tertiary alicyclic amines) is 1. The number of alkyl halides is 3. The van der Waals surface area contributed by atoms with E-state index in [1.54, 1.807) is 0 Å². The minimum atomic E-state index is -4.64. The first-order valence-electron chi connectivity index (χ1n) is 7.13. The molecule has 6 nitrogen and oxygen atoms in total. The lowest BCUT2D eigenvalue weighted by molar-refractivity contribution is -0.143. The highest BCUT2D eigenvalue weighted by Gasteiger charge is 2.45. The number of benzene rings is 1. The van der Waals surface area contributed by atoms with Gasteiger partial charge < -0.3 is 0 Å². The number of sulfonamides is 1. The first kappa shape index (κ1) is 16.9. The summed E-state index contributed by atoms with van der Waals surface area (Å²) in [4.78, 5) is 23.8. The Hall–Kier alpha value is -1.94. The van der Waals surface area contributed by atoms with E-state index in [2.05, 4.69) is 0 Å². The summed E-state index contributed by atoms with van der Waals surface area (Å²) in [7, 11) is -4.10. The summed E-state index contributed by atoms with van der Waals surface area (Å²) >= 11 is 0. The van der Waals surface area contributed by atoms with Crippen LogP contribution in [0.5, 0.6) is 0 Å². The SMILES string of the molecule is O=C1CCC(=O)N1C1CN(S(=O)(=O)c2cccc(C(F)(F)F)c2)C1. The van der Waals surface area contributed by atoms with Crippen LogP contribution in [0.2, 0.25) is 0 Å². The minimum Gasteiger partial charge on any atom is -0.277 e. The number of carbonyl (C=O) groups excluding carboxylic acids is 2. The van der Waals surface area contributed by atoms with Crippen LogP contribution < -0.4 is 0 Å². The van der Waals surface area contributed by atoms with Gasteiger partial charge in [-0.05, 0) is 18.2 Å². The van der Waals surface area contributed by atoms with Gasteiger partial charge in [-0.1, -0.05) is 6.07 Å². The first-order valence-corrected chi connectivity index (χ1v) is 8.57. The van der Waals surface area contributed by atoms with Gasteiger partial charge in [0.05, 0.1) is 16.5 Å². The van der Waals surface area contributed by atoms with E-state index in [9.17, 15) is 31.2 Å². The van der Waals surface area contributed by atoms with Gasteiger partial charge in [-0.3, -0.25) is 14.5 Å². The molecule has 0 bridgehead atoms. The molecular weight excluding hydrogens is 349 g/mol. The Morgan fingerprint density at radius 1 is 1.04 bits per heavy atom. The van der Waals surface area contributed by atoms with Gasteiger partial charge in [0.15, 0.2) is 0 Å². The molecule has 0 spiro atoms. The molecule has 2 aliphatic rings. The molecule has 0 saturated carbocycles. The molecule has 2 fully saturated rings. The second-order valence-electron chi connectivity index (χ2n) is 5.66.